The molecule has 1 aromatic heterocycles. The second kappa shape index (κ2) is 7.00. The summed E-state index contributed by atoms with van der Waals surface area (Å²) >= 11 is 1.25. The van der Waals surface area contributed by atoms with Gasteiger partial charge in [0.05, 0.1) is 10.2 Å². The van der Waals surface area contributed by atoms with Gasteiger partial charge in [-0.05, 0) is 37.3 Å². The second-order valence-electron chi connectivity index (χ2n) is 6.15. The van der Waals surface area contributed by atoms with E-state index in [0.29, 0.717) is 27.5 Å². The number of nitrogens with zero attached hydrogens (tertiary/aromatic N) is 2. The summed E-state index contributed by atoms with van der Waals surface area (Å²) in [6.07, 6.45) is 0.382. The molecule has 1 aliphatic heterocycles. The molecule has 4 rings (SSSR count). The minimum atomic E-state index is -0.848. The molecule has 1 aliphatic rings. The van der Waals surface area contributed by atoms with Gasteiger partial charge in [-0.15, -0.1) is 6.58 Å². The van der Waals surface area contributed by atoms with Crippen LogP contribution in [0.1, 0.15) is 6.92 Å². The SMILES string of the molecule is C=CCn1c(=NC(=O)C2Oc3ccccc3OC2C)sc2cc(F)ccc21. The van der Waals surface area contributed by atoms with E-state index in [0.717, 1.165) is 5.52 Å². The molecule has 0 fully saturated rings. The Kier molecular flexibility index (Phi) is 4.53. The number of carbonyl (C=O) groups is 1. The van der Waals surface area contributed by atoms with E-state index in [4.69, 9.17) is 9.47 Å². The minimum Gasteiger partial charge on any atom is -0.482 e. The zero-order valence-electron chi connectivity index (χ0n) is 14.6. The number of hydrogen-bond acceptors (Lipinski definition) is 4. The number of carbonyl (C=O) groups excluding carboxylic acids is 1. The van der Waals surface area contributed by atoms with Crippen LogP contribution in [0.15, 0.2) is 60.1 Å². The third kappa shape index (κ3) is 3.26. The minimum absolute atomic E-state index is 0.332. The molecular weight excluding hydrogens is 367 g/mol. The van der Waals surface area contributed by atoms with Crippen molar-refractivity contribution in [1.82, 2.24) is 4.57 Å². The van der Waals surface area contributed by atoms with Gasteiger partial charge in [-0.3, -0.25) is 4.79 Å². The molecule has 2 unspecified atom stereocenters. The molecular formula is C20H17FN2O3S. The molecule has 0 saturated heterocycles. The van der Waals surface area contributed by atoms with Crippen LogP contribution in [-0.2, 0) is 11.3 Å². The van der Waals surface area contributed by atoms with E-state index in [1.54, 1.807) is 31.2 Å². The standard InChI is InChI=1S/C20H17FN2O3S/c1-3-10-23-14-9-8-13(21)11-17(14)27-20(23)22-19(24)18-12(2)25-15-6-4-5-7-16(15)26-18/h3-9,11-12,18H,1,10H2,2H3. The maximum absolute atomic E-state index is 13.6. The summed E-state index contributed by atoms with van der Waals surface area (Å²) in [7, 11) is 0. The lowest BCUT2D eigenvalue weighted by Crippen LogP contribution is -2.43. The molecule has 2 heterocycles. The molecule has 0 saturated carbocycles. The molecule has 3 aromatic rings. The van der Waals surface area contributed by atoms with Gasteiger partial charge in [0.1, 0.15) is 11.9 Å². The summed E-state index contributed by atoms with van der Waals surface area (Å²) in [5.41, 5.74) is 0.798. The highest BCUT2D eigenvalue weighted by atomic mass is 32.1. The summed E-state index contributed by atoms with van der Waals surface area (Å²) in [4.78, 5) is 17.5. The number of fused-ring (bicyclic) bond motifs is 2. The predicted octanol–water partition coefficient (Wildman–Crippen LogP) is 3.68. The normalized spacial score (nSPS) is 19.3. The Labute approximate surface area is 159 Å². The summed E-state index contributed by atoms with van der Waals surface area (Å²) < 4.78 is 27.7. The van der Waals surface area contributed by atoms with Gasteiger partial charge >= 0.3 is 0 Å². The molecule has 2 atom stereocenters. The van der Waals surface area contributed by atoms with E-state index >= 15 is 0 Å². The quantitative estimate of drug-likeness (QED) is 0.648. The van der Waals surface area contributed by atoms with Gasteiger partial charge in [-0.25, -0.2) is 4.39 Å². The largest absolute Gasteiger partial charge is 0.482 e. The fourth-order valence-electron chi connectivity index (χ4n) is 2.99. The van der Waals surface area contributed by atoms with Crippen molar-refractivity contribution in [2.45, 2.75) is 25.7 Å². The molecule has 138 valence electrons. The van der Waals surface area contributed by atoms with Gasteiger partial charge in [-0.1, -0.05) is 29.5 Å². The lowest BCUT2D eigenvalue weighted by atomic mass is 10.1. The Balaban J connectivity index is 1.74. The number of ether oxygens (including phenoxy) is 2. The van der Waals surface area contributed by atoms with Gasteiger partial charge in [0.15, 0.2) is 16.3 Å². The van der Waals surface area contributed by atoms with E-state index in [-0.39, 0.29) is 5.82 Å². The van der Waals surface area contributed by atoms with Crippen molar-refractivity contribution in [3.63, 3.8) is 0 Å². The molecule has 0 radical (unpaired) electrons. The number of amides is 1. The molecule has 0 spiro atoms. The summed E-state index contributed by atoms with van der Waals surface area (Å²) in [5.74, 6) is 0.345. The first-order valence-corrected chi connectivity index (χ1v) is 9.29. The van der Waals surface area contributed by atoms with Crippen LogP contribution in [-0.4, -0.2) is 22.7 Å². The summed E-state index contributed by atoms with van der Waals surface area (Å²) in [6, 6.07) is 11.7. The average Bonchev–Trinajstić information content (AvgIpc) is 2.97. The van der Waals surface area contributed by atoms with E-state index in [1.165, 1.54) is 23.5 Å². The van der Waals surface area contributed by atoms with Crippen LogP contribution >= 0.6 is 11.3 Å². The van der Waals surface area contributed by atoms with Gasteiger partial charge in [0, 0.05) is 6.54 Å². The van der Waals surface area contributed by atoms with Crippen molar-refractivity contribution in [2.75, 3.05) is 0 Å². The molecule has 1 amide bonds. The Bertz CT molecular complexity index is 1100. The van der Waals surface area contributed by atoms with Crippen molar-refractivity contribution in [1.29, 1.82) is 0 Å². The Morgan fingerprint density at radius 3 is 2.78 bits per heavy atom. The number of halogens is 1. The third-order valence-corrected chi connectivity index (χ3v) is 5.29. The van der Waals surface area contributed by atoms with Crippen LogP contribution in [0.2, 0.25) is 0 Å². The highest BCUT2D eigenvalue weighted by molar-refractivity contribution is 7.16. The molecule has 5 nitrogen and oxygen atoms in total. The molecule has 27 heavy (non-hydrogen) atoms. The predicted molar refractivity (Wildman–Crippen MR) is 101 cm³/mol. The van der Waals surface area contributed by atoms with Crippen molar-refractivity contribution >= 4 is 27.5 Å². The maximum Gasteiger partial charge on any atom is 0.293 e. The van der Waals surface area contributed by atoms with E-state index in [1.807, 2.05) is 16.7 Å². The van der Waals surface area contributed by atoms with Crippen LogP contribution < -0.4 is 14.3 Å². The van der Waals surface area contributed by atoms with E-state index in [2.05, 4.69) is 11.6 Å². The van der Waals surface area contributed by atoms with Crippen molar-refractivity contribution in [2.24, 2.45) is 4.99 Å². The summed E-state index contributed by atoms with van der Waals surface area (Å²) in [6.45, 7) is 5.97. The molecule has 2 aromatic carbocycles. The zero-order valence-corrected chi connectivity index (χ0v) is 15.4. The first-order valence-electron chi connectivity index (χ1n) is 8.47. The van der Waals surface area contributed by atoms with Gasteiger partial charge in [-0.2, -0.15) is 4.99 Å². The van der Waals surface area contributed by atoms with Crippen LogP contribution in [0.5, 0.6) is 11.5 Å². The van der Waals surface area contributed by atoms with Crippen LogP contribution in [0, 0.1) is 5.82 Å². The number of hydrogen-bond donors (Lipinski definition) is 0. The topological polar surface area (TPSA) is 52.8 Å². The number of thiazole rings is 1. The first kappa shape index (κ1) is 17.5. The Morgan fingerprint density at radius 2 is 2.04 bits per heavy atom. The first-order chi connectivity index (χ1) is 13.1. The number of para-hydroxylation sites is 2. The molecule has 7 heteroatoms. The number of benzene rings is 2. The van der Waals surface area contributed by atoms with Crippen molar-refractivity contribution in [3.8, 4) is 11.5 Å². The van der Waals surface area contributed by atoms with Gasteiger partial charge in [0.25, 0.3) is 5.91 Å². The van der Waals surface area contributed by atoms with Crippen molar-refractivity contribution in [3.05, 3.63) is 65.7 Å². The highest BCUT2D eigenvalue weighted by Gasteiger charge is 2.34. The van der Waals surface area contributed by atoms with E-state index < -0.39 is 18.1 Å². The number of aromatic nitrogens is 1. The Hall–Kier alpha value is -2.93. The van der Waals surface area contributed by atoms with Crippen LogP contribution in [0.4, 0.5) is 4.39 Å². The lowest BCUT2D eigenvalue weighted by Gasteiger charge is -2.29. The number of rotatable bonds is 3. The molecule has 0 aliphatic carbocycles. The fraction of sp³-hybridized carbons (Fsp3) is 0.200. The van der Waals surface area contributed by atoms with Crippen LogP contribution in [0.25, 0.3) is 10.2 Å². The average molecular weight is 384 g/mol. The van der Waals surface area contributed by atoms with Gasteiger partial charge in [0.2, 0.25) is 6.10 Å². The van der Waals surface area contributed by atoms with E-state index in [9.17, 15) is 9.18 Å². The summed E-state index contributed by atoms with van der Waals surface area (Å²) in [5, 5.41) is 0. The fourth-order valence-corrected chi connectivity index (χ4v) is 4.06. The molecule has 0 N–H and O–H groups in total. The van der Waals surface area contributed by atoms with Crippen LogP contribution in [0.3, 0.4) is 0 Å². The zero-order chi connectivity index (χ0) is 19.0. The second-order valence-corrected chi connectivity index (χ2v) is 7.16. The third-order valence-electron chi connectivity index (χ3n) is 4.25. The highest BCUT2D eigenvalue weighted by Crippen LogP contribution is 2.33. The monoisotopic (exact) mass is 384 g/mol. The molecule has 0 bridgehead atoms. The number of allylic oxidation sites excluding steroid dienone is 1. The van der Waals surface area contributed by atoms with Crippen molar-refractivity contribution < 1.29 is 18.7 Å². The van der Waals surface area contributed by atoms with Gasteiger partial charge < -0.3 is 14.0 Å². The Morgan fingerprint density at radius 1 is 1.30 bits per heavy atom. The maximum atomic E-state index is 13.6. The lowest BCUT2D eigenvalue weighted by molar-refractivity contribution is -0.130. The smallest absolute Gasteiger partial charge is 0.293 e.